The molecule has 0 saturated heterocycles. The van der Waals surface area contributed by atoms with Crippen molar-refractivity contribution in [1.82, 2.24) is 5.32 Å². The Labute approximate surface area is 130 Å². The molecular formula is C13H14N8O2. The summed E-state index contributed by atoms with van der Waals surface area (Å²) in [5.41, 5.74) is 22.6. The van der Waals surface area contributed by atoms with Crippen molar-refractivity contribution >= 4 is 17.5 Å². The van der Waals surface area contributed by atoms with E-state index >= 15 is 0 Å². The van der Waals surface area contributed by atoms with Gasteiger partial charge >= 0.3 is 0 Å². The van der Waals surface area contributed by atoms with E-state index in [0.717, 1.165) is 0 Å². The molecule has 1 saturated carbocycles. The molecule has 0 heterocycles. The Morgan fingerprint density at radius 1 is 1.26 bits per heavy atom. The van der Waals surface area contributed by atoms with Gasteiger partial charge in [-0.15, -0.1) is 0 Å². The first kappa shape index (κ1) is 16.2. The molecule has 0 aliphatic heterocycles. The molecule has 118 valence electrons. The predicted octanol–water partition coefficient (Wildman–Crippen LogP) is 2.43. The lowest BCUT2D eigenvalue weighted by molar-refractivity contribution is -0.122. The van der Waals surface area contributed by atoms with Gasteiger partial charge in [0.2, 0.25) is 5.91 Å². The van der Waals surface area contributed by atoms with Gasteiger partial charge in [0, 0.05) is 27.6 Å². The smallest absolute Gasteiger partial charge is 0.251 e. The van der Waals surface area contributed by atoms with Crippen molar-refractivity contribution in [1.29, 1.82) is 0 Å². The van der Waals surface area contributed by atoms with Crippen LogP contribution in [0.15, 0.2) is 28.4 Å². The average Bonchev–Trinajstić information content (AvgIpc) is 3.32. The number of benzene rings is 1. The van der Waals surface area contributed by atoms with Crippen molar-refractivity contribution in [2.75, 3.05) is 6.54 Å². The van der Waals surface area contributed by atoms with E-state index < -0.39 is 17.2 Å². The van der Waals surface area contributed by atoms with E-state index in [2.05, 4.69) is 25.4 Å². The third kappa shape index (κ3) is 3.91. The van der Waals surface area contributed by atoms with Crippen LogP contribution in [0.1, 0.15) is 28.8 Å². The Balaban J connectivity index is 2.17. The average molecular weight is 314 g/mol. The molecule has 1 aromatic rings. The minimum Gasteiger partial charge on any atom is -0.369 e. The highest BCUT2D eigenvalue weighted by atomic mass is 16.2. The van der Waals surface area contributed by atoms with Crippen molar-refractivity contribution in [2.24, 2.45) is 21.4 Å². The summed E-state index contributed by atoms with van der Waals surface area (Å²) in [7, 11) is 0. The lowest BCUT2D eigenvalue weighted by Crippen LogP contribution is -2.37. The Kier molecular flexibility index (Phi) is 4.70. The third-order valence-corrected chi connectivity index (χ3v) is 3.68. The van der Waals surface area contributed by atoms with Crippen LogP contribution in [0.5, 0.6) is 0 Å². The number of hydrogen-bond acceptors (Lipinski definition) is 4. The lowest BCUT2D eigenvalue weighted by Gasteiger charge is -2.12. The molecule has 23 heavy (non-hydrogen) atoms. The topological polar surface area (TPSA) is 170 Å². The molecule has 2 amide bonds. The second-order valence-corrected chi connectivity index (χ2v) is 5.29. The van der Waals surface area contributed by atoms with Crippen LogP contribution < -0.4 is 11.1 Å². The fourth-order valence-corrected chi connectivity index (χ4v) is 2.13. The number of primary amides is 1. The van der Waals surface area contributed by atoms with E-state index in [9.17, 15) is 9.59 Å². The van der Waals surface area contributed by atoms with Crippen molar-refractivity contribution < 1.29 is 9.59 Å². The number of azide groups is 2. The molecule has 1 aromatic carbocycles. The van der Waals surface area contributed by atoms with Crippen LogP contribution in [0, 0.1) is 5.41 Å². The molecule has 0 aromatic heterocycles. The van der Waals surface area contributed by atoms with Crippen molar-refractivity contribution in [3.8, 4) is 0 Å². The van der Waals surface area contributed by atoms with Crippen LogP contribution >= 0.6 is 0 Å². The van der Waals surface area contributed by atoms with Gasteiger partial charge in [0.1, 0.15) is 0 Å². The van der Waals surface area contributed by atoms with Crippen LogP contribution in [0.25, 0.3) is 20.9 Å². The molecule has 0 spiro atoms. The molecular weight excluding hydrogens is 300 g/mol. The summed E-state index contributed by atoms with van der Waals surface area (Å²) < 4.78 is 0. The third-order valence-electron chi connectivity index (χ3n) is 3.68. The number of rotatable bonds is 7. The fourth-order valence-electron chi connectivity index (χ4n) is 2.13. The van der Waals surface area contributed by atoms with Gasteiger partial charge in [0.15, 0.2) is 0 Å². The number of carbonyl (C=O) groups is 2. The number of amides is 2. The molecule has 10 heteroatoms. The van der Waals surface area contributed by atoms with E-state index in [0.29, 0.717) is 18.4 Å². The molecule has 1 fully saturated rings. The summed E-state index contributed by atoms with van der Waals surface area (Å²) in [6.07, 6.45) is 1.31. The molecule has 0 atom stereocenters. The van der Waals surface area contributed by atoms with E-state index in [1.807, 2.05) is 0 Å². The number of nitrogens with one attached hydrogen (secondary N) is 1. The van der Waals surface area contributed by atoms with Crippen LogP contribution in [-0.2, 0) is 11.3 Å². The van der Waals surface area contributed by atoms with Crippen molar-refractivity contribution in [3.63, 3.8) is 0 Å². The van der Waals surface area contributed by atoms with Gasteiger partial charge in [-0.3, -0.25) is 9.59 Å². The Hall–Kier alpha value is -3.22. The zero-order valence-electron chi connectivity index (χ0n) is 12.1. The normalized spacial score (nSPS) is 14.1. The van der Waals surface area contributed by atoms with Gasteiger partial charge in [0.25, 0.3) is 5.91 Å². The predicted molar refractivity (Wildman–Crippen MR) is 81.3 cm³/mol. The van der Waals surface area contributed by atoms with Gasteiger partial charge in [-0.25, -0.2) is 0 Å². The fraction of sp³-hybridized carbons (Fsp3) is 0.385. The number of nitrogens with zero attached hydrogens (tertiary/aromatic N) is 6. The molecule has 0 bridgehead atoms. The zero-order valence-corrected chi connectivity index (χ0v) is 12.1. The first-order valence-electron chi connectivity index (χ1n) is 6.79. The highest BCUT2D eigenvalue weighted by molar-refractivity contribution is 5.96. The zero-order chi connectivity index (χ0) is 16.9. The molecule has 0 unspecified atom stereocenters. The van der Waals surface area contributed by atoms with Gasteiger partial charge in [-0.2, -0.15) is 0 Å². The molecule has 1 aliphatic rings. The van der Waals surface area contributed by atoms with Gasteiger partial charge in [0.05, 0.1) is 12.0 Å². The SMILES string of the molecule is [N-]=[N+]=NCc1cc(N=[N+]=[N-])cc(C(=O)NCC2(C(N)=O)CC2)c1. The molecule has 3 N–H and O–H groups in total. The monoisotopic (exact) mass is 314 g/mol. The first-order chi connectivity index (χ1) is 11.0. The largest absolute Gasteiger partial charge is 0.369 e. The number of nitrogens with two attached hydrogens (primary N) is 1. The highest BCUT2D eigenvalue weighted by Crippen LogP contribution is 2.44. The molecule has 0 radical (unpaired) electrons. The second kappa shape index (κ2) is 6.69. The second-order valence-electron chi connectivity index (χ2n) is 5.29. The van der Waals surface area contributed by atoms with Crippen LogP contribution in [0.2, 0.25) is 0 Å². The van der Waals surface area contributed by atoms with Gasteiger partial charge in [-0.05, 0) is 47.7 Å². The van der Waals surface area contributed by atoms with Crippen LogP contribution in [-0.4, -0.2) is 18.4 Å². The Morgan fingerprint density at radius 3 is 2.57 bits per heavy atom. The quantitative estimate of drug-likeness (QED) is 0.447. The van der Waals surface area contributed by atoms with E-state index in [1.165, 1.54) is 18.2 Å². The number of hydrogen-bond donors (Lipinski definition) is 2. The lowest BCUT2D eigenvalue weighted by atomic mass is 10.1. The maximum Gasteiger partial charge on any atom is 0.251 e. The standard InChI is InChI=1S/C13H14N8O2/c14-12(23)13(1-2-13)7-17-11(22)9-3-8(6-18-20-15)4-10(5-9)19-21-16/h3-5H,1-2,6-7H2,(H2,14,23)(H,17,22). The summed E-state index contributed by atoms with van der Waals surface area (Å²) in [5, 5.41) is 9.53. The summed E-state index contributed by atoms with van der Waals surface area (Å²) in [5.74, 6) is -0.848. The number of carbonyl (C=O) groups excluding carboxylic acids is 2. The molecule has 2 rings (SSSR count). The van der Waals surface area contributed by atoms with Crippen molar-refractivity contribution in [3.05, 3.63) is 50.2 Å². The van der Waals surface area contributed by atoms with E-state index in [-0.39, 0.29) is 24.3 Å². The molecule has 10 nitrogen and oxygen atoms in total. The minimum absolute atomic E-state index is 0.0246. The maximum atomic E-state index is 12.2. The van der Waals surface area contributed by atoms with E-state index in [4.69, 9.17) is 16.8 Å². The Bertz CT molecular complexity index is 742. The minimum atomic E-state index is -0.647. The molecule has 1 aliphatic carbocycles. The van der Waals surface area contributed by atoms with E-state index in [1.54, 1.807) is 0 Å². The Morgan fingerprint density at radius 2 is 2.00 bits per heavy atom. The summed E-state index contributed by atoms with van der Waals surface area (Å²) in [6.45, 7) is 0.190. The summed E-state index contributed by atoms with van der Waals surface area (Å²) in [4.78, 5) is 28.9. The summed E-state index contributed by atoms with van der Waals surface area (Å²) >= 11 is 0. The maximum absolute atomic E-state index is 12.2. The van der Waals surface area contributed by atoms with Gasteiger partial charge < -0.3 is 11.1 Å². The van der Waals surface area contributed by atoms with Crippen LogP contribution in [0.3, 0.4) is 0 Å². The first-order valence-corrected chi connectivity index (χ1v) is 6.79. The summed E-state index contributed by atoms with van der Waals surface area (Å²) in [6, 6.07) is 4.47. The van der Waals surface area contributed by atoms with Crippen molar-refractivity contribution in [2.45, 2.75) is 19.4 Å². The van der Waals surface area contributed by atoms with Gasteiger partial charge in [-0.1, -0.05) is 10.2 Å². The highest BCUT2D eigenvalue weighted by Gasteiger charge is 2.48. The van der Waals surface area contributed by atoms with Crippen LogP contribution in [0.4, 0.5) is 5.69 Å².